The molecule has 1 N–H and O–H groups in total. The smallest absolute Gasteiger partial charge is 0.274 e. The van der Waals surface area contributed by atoms with Crippen molar-refractivity contribution in [3.05, 3.63) is 87.6 Å². The van der Waals surface area contributed by atoms with E-state index in [9.17, 15) is 9.59 Å². The summed E-state index contributed by atoms with van der Waals surface area (Å²) in [6, 6.07) is 17.1. The second-order valence-corrected chi connectivity index (χ2v) is 7.27. The number of carbonyl (C=O) groups excluding carboxylic acids is 1. The lowest BCUT2D eigenvalue weighted by molar-refractivity contribution is -0.120. The highest BCUT2D eigenvalue weighted by Gasteiger charge is 2.16. The number of hydrogen-bond acceptors (Lipinski definition) is 4. The zero-order chi connectivity index (χ0) is 21.3. The minimum atomic E-state index is -0.172. The Morgan fingerprint density at radius 2 is 1.63 bits per heavy atom. The van der Waals surface area contributed by atoms with Gasteiger partial charge in [-0.2, -0.15) is 10.2 Å². The highest BCUT2D eigenvalue weighted by molar-refractivity contribution is 5.88. The van der Waals surface area contributed by atoms with E-state index in [1.165, 1.54) is 4.68 Å². The highest BCUT2D eigenvalue weighted by atomic mass is 16.1. The molecule has 0 aliphatic carbocycles. The average molecular weight is 401 g/mol. The van der Waals surface area contributed by atoms with Crippen molar-refractivity contribution in [1.29, 1.82) is 0 Å². The first-order valence-electron chi connectivity index (χ1n) is 9.78. The van der Waals surface area contributed by atoms with E-state index >= 15 is 0 Å². The Hall–Kier alpha value is -3.74. The van der Waals surface area contributed by atoms with E-state index in [2.05, 4.69) is 15.5 Å². The van der Waals surface area contributed by atoms with E-state index in [-0.39, 0.29) is 17.9 Å². The number of carbonyl (C=O) groups is 1. The third-order valence-corrected chi connectivity index (χ3v) is 5.27. The molecule has 0 saturated heterocycles. The van der Waals surface area contributed by atoms with Crippen LogP contribution in [-0.4, -0.2) is 25.5 Å². The maximum absolute atomic E-state index is 12.7. The Balaban J connectivity index is 1.53. The quantitative estimate of drug-likeness (QED) is 0.557. The third-order valence-electron chi connectivity index (χ3n) is 5.27. The van der Waals surface area contributed by atoms with Gasteiger partial charge in [0.2, 0.25) is 5.91 Å². The van der Waals surface area contributed by atoms with Crippen molar-refractivity contribution in [2.45, 2.75) is 26.8 Å². The number of para-hydroxylation sites is 1. The molecule has 0 fully saturated rings. The van der Waals surface area contributed by atoms with Crippen molar-refractivity contribution in [1.82, 2.24) is 24.9 Å². The predicted octanol–water partition coefficient (Wildman–Crippen LogP) is 2.59. The third kappa shape index (κ3) is 3.61. The molecule has 4 rings (SSSR count). The monoisotopic (exact) mass is 401 g/mol. The number of aromatic nitrogens is 4. The van der Waals surface area contributed by atoms with Crippen molar-refractivity contribution in [3.8, 4) is 5.69 Å². The van der Waals surface area contributed by atoms with Gasteiger partial charge in [-0.15, -0.1) is 0 Å². The van der Waals surface area contributed by atoms with Gasteiger partial charge in [0.05, 0.1) is 28.9 Å². The van der Waals surface area contributed by atoms with Gasteiger partial charge >= 0.3 is 0 Å². The number of hydrogen-bond donors (Lipinski definition) is 1. The van der Waals surface area contributed by atoms with Crippen LogP contribution in [0.4, 0.5) is 0 Å². The van der Waals surface area contributed by atoms with E-state index in [0.29, 0.717) is 23.0 Å². The van der Waals surface area contributed by atoms with Crippen LogP contribution in [0.15, 0.2) is 59.4 Å². The van der Waals surface area contributed by atoms with Crippen molar-refractivity contribution in [2.24, 2.45) is 7.05 Å². The number of fused-ring (bicyclic) bond motifs is 1. The van der Waals surface area contributed by atoms with Crippen LogP contribution in [0.3, 0.4) is 0 Å². The lowest BCUT2D eigenvalue weighted by Gasteiger charge is -2.09. The van der Waals surface area contributed by atoms with Gasteiger partial charge in [-0.05, 0) is 32.0 Å². The van der Waals surface area contributed by atoms with Crippen LogP contribution in [0.1, 0.15) is 22.6 Å². The van der Waals surface area contributed by atoms with E-state index in [1.54, 1.807) is 13.1 Å². The molecule has 1 amide bonds. The van der Waals surface area contributed by atoms with Gasteiger partial charge in [-0.3, -0.25) is 9.59 Å². The van der Waals surface area contributed by atoms with Crippen molar-refractivity contribution in [2.75, 3.05) is 0 Å². The summed E-state index contributed by atoms with van der Waals surface area (Å²) in [5, 5.41) is 13.2. The number of amides is 1. The molecule has 30 heavy (non-hydrogen) atoms. The predicted molar refractivity (Wildman–Crippen MR) is 116 cm³/mol. The Bertz CT molecular complexity index is 1290. The summed E-state index contributed by atoms with van der Waals surface area (Å²) in [5.41, 5.74) is 4.25. The standard InChI is InChI=1S/C23H23N5O2/c1-15-20(16(2)28(25-15)17-9-5-4-6-10-17)14-24-22(29)13-21-18-11-7-8-12-19(18)23(30)27(3)26-21/h4-12H,13-14H2,1-3H3,(H,24,29). The fourth-order valence-corrected chi connectivity index (χ4v) is 3.66. The summed E-state index contributed by atoms with van der Waals surface area (Å²) in [5.74, 6) is -0.155. The van der Waals surface area contributed by atoms with Crippen molar-refractivity contribution in [3.63, 3.8) is 0 Å². The van der Waals surface area contributed by atoms with Crippen LogP contribution >= 0.6 is 0 Å². The molecule has 0 saturated carbocycles. The lowest BCUT2D eigenvalue weighted by Crippen LogP contribution is -2.28. The van der Waals surface area contributed by atoms with Crippen LogP contribution in [-0.2, 0) is 24.8 Å². The zero-order valence-corrected chi connectivity index (χ0v) is 17.2. The maximum Gasteiger partial charge on any atom is 0.274 e. The summed E-state index contributed by atoms with van der Waals surface area (Å²) in [6.45, 7) is 4.32. The van der Waals surface area contributed by atoms with Crippen molar-refractivity contribution >= 4 is 16.7 Å². The molecule has 7 nitrogen and oxygen atoms in total. The molecule has 2 heterocycles. The van der Waals surface area contributed by atoms with Crippen LogP contribution in [0.25, 0.3) is 16.5 Å². The summed E-state index contributed by atoms with van der Waals surface area (Å²) >= 11 is 0. The molecule has 0 spiro atoms. The number of benzene rings is 2. The van der Waals surface area contributed by atoms with Gasteiger partial charge < -0.3 is 5.32 Å². The summed E-state index contributed by atoms with van der Waals surface area (Å²) in [4.78, 5) is 24.9. The number of rotatable bonds is 5. The Morgan fingerprint density at radius 1 is 0.967 bits per heavy atom. The van der Waals surface area contributed by atoms with E-state index in [1.807, 2.05) is 67.1 Å². The number of nitrogens with zero attached hydrogens (tertiary/aromatic N) is 4. The minimum absolute atomic E-state index is 0.0968. The van der Waals surface area contributed by atoms with Crippen LogP contribution in [0.5, 0.6) is 0 Å². The molecular formula is C23H23N5O2. The van der Waals surface area contributed by atoms with Crippen LogP contribution in [0.2, 0.25) is 0 Å². The second-order valence-electron chi connectivity index (χ2n) is 7.27. The molecule has 0 unspecified atom stereocenters. The van der Waals surface area contributed by atoms with Gasteiger partial charge in [0, 0.05) is 30.2 Å². The summed E-state index contributed by atoms with van der Waals surface area (Å²) in [6.07, 6.45) is 0.0968. The average Bonchev–Trinajstić information content (AvgIpc) is 3.04. The Labute approximate surface area is 174 Å². The highest BCUT2D eigenvalue weighted by Crippen LogP contribution is 2.18. The number of aryl methyl sites for hydroxylation is 2. The second kappa shape index (κ2) is 7.94. The van der Waals surface area contributed by atoms with Gasteiger partial charge in [-0.25, -0.2) is 9.36 Å². The Kier molecular flexibility index (Phi) is 5.18. The number of nitrogens with one attached hydrogen (secondary N) is 1. The zero-order valence-electron chi connectivity index (χ0n) is 17.2. The molecule has 0 atom stereocenters. The SMILES string of the molecule is Cc1nn(-c2ccccc2)c(C)c1CNC(=O)Cc1nn(C)c(=O)c2ccccc12. The lowest BCUT2D eigenvalue weighted by atomic mass is 10.1. The van der Waals surface area contributed by atoms with Crippen LogP contribution < -0.4 is 10.9 Å². The first-order chi connectivity index (χ1) is 14.5. The summed E-state index contributed by atoms with van der Waals surface area (Å²) < 4.78 is 3.17. The maximum atomic E-state index is 12.7. The molecule has 0 aliphatic heterocycles. The topological polar surface area (TPSA) is 81.8 Å². The summed E-state index contributed by atoms with van der Waals surface area (Å²) in [7, 11) is 1.60. The molecule has 152 valence electrons. The van der Waals surface area contributed by atoms with Crippen molar-refractivity contribution < 1.29 is 4.79 Å². The fourth-order valence-electron chi connectivity index (χ4n) is 3.66. The molecule has 4 aromatic rings. The molecule has 0 radical (unpaired) electrons. The van der Waals surface area contributed by atoms with Gasteiger partial charge in [0.1, 0.15) is 0 Å². The van der Waals surface area contributed by atoms with E-state index in [4.69, 9.17) is 0 Å². The molecule has 0 bridgehead atoms. The molecule has 7 heteroatoms. The normalized spacial score (nSPS) is 11.0. The molecule has 0 aliphatic rings. The van der Waals surface area contributed by atoms with Crippen LogP contribution in [0, 0.1) is 13.8 Å². The van der Waals surface area contributed by atoms with Gasteiger partial charge in [0.25, 0.3) is 5.56 Å². The van der Waals surface area contributed by atoms with Gasteiger partial charge in [-0.1, -0.05) is 36.4 Å². The molecule has 2 aromatic carbocycles. The van der Waals surface area contributed by atoms with E-state index < -0.39 is 0 Å². The first-order valence-corrected chi connectivity index (χ1v) is 9.78. The molecule has 2 aromatic heterocycles. The van der Waals surface area contributed by atoms with E-state index in [0.717, 1.165) is 22.6 Å². The van der Waals surface area contributed by atoms with Gasteiger partial charge in [0.15, 0.2) is 0 Å². The minimum Gasteiger partial charge on any atom is -0.352 e. The largest absolute Gasteiger partial charge is 0.352 e. The fraction of sp³-hybridized carbons (Fsp3) is 0.217. The first kappa shape index (κ1) is 19.6. The molecular weight excluding hydrogens is 378 g/mol. The Morgan fingerprint density at radius 3 is 2.37 bits per heavy atom.